The molecule has 0 aliphatic heterocycles. The van der Waals surface area contributed by atoms with Gasteiger partial charge < -0.3 is 25.5 Å². The van der Waals surface area contributed by atoms with Crippen molar-refractivity contribution in [2.24, 2.45) is 0 Å². The van der Waals surface area contributed by atoms with Gasteiger partial charge in [0.25, 0.3) is 11.9 Å². The first-order chi connectivity index (χ1) is 13.9. The second-order valence-electron chi connectivity index (χ2n) is 6.46. The Balaban J connectivity index is 1.51. The molecule has 0 fully saturated rings. The largest absolute Gasteiger partial charge is 0.508 e. The van der Waals surface area contributed by atoms with E-state index in [1.165, 1.54) is 17.5 Å². The Kier molecular flexibility index (Phi) is 4.81. The first-order valence-corrected chi connectivity index (χ1v) is 9.68. The number of phenolic OH excluding ortho intramolecular Hbond substituents is 1. The summed E-state index contributed by atoms with van der Waals surface area (Å²) in [6.45, 7) is 3.64. The SMILES string of the molecule is CNc1nc2cc(Nc3ncc(C(=O)Nc4c(C)ccc(O)c4C)s3)ccc2o1. The topological polar surface area (TPSA) is 112 Å². The van der Waals surface area contributed by atoms with E-state index in [4.69, 9.17) is 4.42 Å². The highest BCUT2D eigenvalue weighted by molar-refractivity contribution is 7.17. The van der Waals surface area contributed by atoms with E-state index in [1.54, 1.807) is 26.1 Å². The van der Waals surface area contributed by atoms with Crippen LogP contribution in [0.4, 0.5) is 22.5 Å². The van der Waals surface area contributed by atoms with Crippen molar-refractivity contribution in [1.82, 2.24) is 9.97 Å². The zero-order valence-corrected chi connectivity index (χ0v) is 16.8. The lowest BCUT2D eigenvalue weighted by Gasteiger charge is -2.11. The fourth-order valence-corrected chi connectivity index (χ4v) is 3.61. The van der Waals surface area contributed by atoms with Crippen molar-refractivity contribution < 1.29 is 14.3 Å². The molecule has 2 heterocycles. The lowest BCUT2D eigenvalue weighted by molar-refractivity contribution is 0.103. The monoisotopic (exact) mass is 409 g/mol. The van der Waals surface area contributed by atoms with Crippen LogP contribution in [0.5, 0.6) is 5.75 Å². The van der Waals surface area contributed by atoms with Crippen molar-refractivity contribution in [1.29, 1.82) is 0 Å². The molecule has 0 aliphatic carbocycles. The molecule has 29 heavy (non-hydrogen) atoms. The number of aromatic nitrogens is 2. The Labute approximate surface area is 170 Å². The standard InChI is InChI=1S/C20H19N5O3S/c1-10-4-6-14(26)11(2)17(10)25-18(27)16-9-22-20(29-16)23-12-5-7-15-13(8-12)24-19(21-3)28-15/h4-9,26H,1-3H3,(H,21,24)(H,22,23)(H,25,27). The van der Waals surface area contributed by atoms with E-state index in [0.29, 0.717) is 38.4 Å². The van der Waals surface area contributed by atoms with Crippen LogP contribution in [0, 0.1) is 13.8 Å². The number of aromatic hydroxyl groups is 1. The van der Waals surface area contributed by atoms with Crippen molar-refractivity contribution in [3.63, 3.8) is 0 Å². The van der Waals surface area contributed by atoms with E-state index in [9.17, 15) is 9.90 Å². The first-order valence-electron chi connectivity index (χ1n) is 8.86. The van der Waals surface area contributed by atoms with E-state index in [-0.39, 0.29) is 11.7 Å². The fraction of sp³-hybridized carbons (Fsp3) is 0.150. The number of oxazole rings is 1. The summed E-state index contributed by atoms with van der Waals surface area (Å²) in [5.41, 5.74) is 4.28. The predicted molar refractivity (Wildman–Crippen MR) is 114 cm³/mol. The third-order valence-electron chi connectivity index (χ3n) is 4.47. The van der Waals surface area contributed by atoms with Crippen LogP contribution in [-0.4, -0.2) is 28.0 Å². The number of anilines is 4. The second-order valence-corrected chi connectivity index (χ2v) is 7.49. The molecule has 0 spiro atoms. The summed E-state index contributed by atoms with van der Waals surface area (Å²) in [7, 11) is 1.74. The van der Waals surface area contributed by atoms with Crippen LogP contribution in [0.1, 0.15) is 20.8 Å². The molecule has 9 heteroatoms. The van der Waals surface area contributed by atoms with Gasteiger partial charge in [-0.05, 0) is 43.7 Å². The molecule has 2 aromatic carbocycles. The summed E-state index contributed by atoms with van der Waals surface area (Å²) in [4.78, 5) is 21.7. The molecule has 8 nitrogen and oxygen atoms in total. The molecule has 2 aromatic heterocycles. The minimum absolute atomic E-state index is 0.141. The van der Waals surface area contributed by atoms with Crippen LogP contribution < -0.4 is 16.0 Å². The lowest BCUT2D eigenvalue weighted by Crippen LogP contribution is -2.12. The molecule has 4 aromatic rings. The van der Waals surface area contributed by atoms with Gasteiger partial charge in [-0.1, -0.05) is 17.4 Å². The van der Waals surface area contributed by atoms with E-state index < -0.39 is 0 Å². The van der Waals surface area contributed by atoms with E-state index in [0.717, 1.165) is 11.3 Å². The number of benzene rings is 2. The summed E-state index contributed by atoms with van der Waals surface area (Å²) in [6.07, 6.45) is 1.52. The highest BCUT2D eigenvalue weighted by Crippen LogP contribution is 2.30. The van der Waals surface area contributed by atoms with Crippen molar-refractivity contribution in [2.45, 2.75) is 13.8 Å². The lowest BCUT2D eigenvalue weighted by atomic mass is 10.1. The number of aryl methyl sites for hydroxylation is 1. The summed E-state index contributed by atoms with van der Waals surface area (Å²) in [6, 6.07) is 9.34. The Morgan fingerprint density at radius 1 is 1.21 bits per heavy atom. The normalized spacial score (nSPS) is 10.9. The number of rotatable bonds is 5. The number of amides is 1. The number of carbonyl (C=O) groups excluding carboxylic acids is 1. The second kappa shape index (κ2) is 7.44. The van der Waals surface area contributed by atoms with Gasteiger partial charge in [-0.2, -0.15) is 4.98 Å². The number of fused-ring (bicyclic) bond motifs is 1. The minimum atomic E-state index is -0.280. The zero-order valence-electron chi connectivity index (χ0n) is 16.0. The summed E-state index contributed by atoms with van der Waals surface area (Å²) in [5.74, 6) is -0.139. The van der Waals surface area contributed by atoms with Gasteiger partial charge in [0.15, 0.2) is 10.7 Å². The average molecular weight is 409 g/mol. The molecule has 0 saturated carbocycles. The van der Waals surface area contributed by atoms with Gasteiger partial charge in [0.05, 0.1) is 11.9 Å². The van der Waals surface area contributed by atoms with Crippen LogP contribution in [0.25, 0.3) is 11.1 Å². The number of hydrogen-bond acceptors (Lipinski definition) is 8. The molecule has 1 amide bonds. The number of carbonyl (C=O) groups is 1. The third kappa shape index (κ3) is 3.72. The molecular weight excluding hydrogens is 390 g/mol. The molecule has 0 unspecified atom stereocenters. The smallest absolute Gasteiger partial charge is 0.295 e. The van der Waals surface area contributed by atoms with Crippen molar-refractivity contribution in [3.05, 3.63) is 52.5 Å². The van der Waals surface area contributed by atoms with Crippen LogP contribution >= 0.6 is 11.3 Å². The molecular formula is C20H19N5O3S. The number of thiazole rings is 1. The van der Waals surface area contributed by atoms with Crippen LogP contribution in [0.3, 0.4) is 0 Å². The molecule has 4 N–H and O–H groups in total. The Bertz CT molecular complexity index is 1210. The van der Waals surface area contributed by atoms with Crippen molar-refractivity contribution >= 4 is 50.9 Å². The maximum Gasteiger partial charge on any atom is 0.295 e. The molecule has 0 aliphatic rings. The minimum Gasteiger partial charge on any atom is -0.508 e. The fourth-order valence-electron chi connectivity index (χ4n) is 2.88. The van der Waals surface area contributed by atoms with Crippen LogP contribution in [0.2, 0.25) is 0 Å². The number of nitrogens with zero attached hydrogens (tertiary/aromatic N) is 2. The summed E-state index contributed by atoms with van der Waals surface area (Å²) < 4.78 is 5.51. The highest BCUT2D eigenvalue weighted by atomic mass is 32.1. The van der Waals surface area contributed by atoms with E-state index in [1.807, 2.05) is 25.1 Å². The summed E-state index contributed by atoms with van der Waals surface area (Å²) >= 11 is 1.23. The Morgan fingerprint density at radius 3 is 2.83 bits per heavy atom. The maximum absolute atomic E-state index is 12.6. The van der Waals surface area contributed by atoms with Crippen molar-refractivity contribution in [3.8, 4) is 5.75 Å². The number of phenols is 1. The van der Waals surface area contributed by atoms with Gasteiger partial charge in [0.1, 0.15) is 16.1 Å². The summed E-state index contributed by atoms with van der Waals surface area (Å²) in [5, 5.41) is 19.4. The van der Waals surface area contributed by atoms with Gasteiger partial charge in [-0.3, -0.25) is 4.79 Å². The zero-order chi connectivity index (χ0) is 20.5. The molecule has 4 rings (SSSR count). The number of nitrogens with one attached hydrogen (secondary N) is 3. The quantitative estimate of drug-likeness (QED) is 0.380. The molecule has 0 saturated heterocycles. The molecule has 0 bridgehead atoms. The van der Waals surface area contributed by atoms with Gasteiger partial charge in [0, 0.05) is 18.3 Å². The third-order valence-corrected chi connectivity index (χ3v) is 5.38. The number of hydrogen-bond donors (Lipinski definition) is 4. The average Bonchev–Trinajstić information content (AvgIpc) is 3.34. The van der Waals surface area contributed by atoms with Crippen LogP contribution in [0.15, 0.2) is 40.9 Å². The maximum atomic E-state index is 12.6. The predicted octanol–water partition coefficient (Wildman–Crippen LogP) is 4.64. The van der Waals surface area contributed by atoms with Crippen molar-refractivity contribution in [2.75, 3.05) is 23.0 Å². The van der Waals surface area contributed by atoms with Crippen LogP contribution in [-0.2, 0) is 0 Å². The van der Waals surface area contributed by atoms with Gasteiger partial charge >= 0.3 is 0 Å². The van der Waals surface area contributed by atoms with Gasteiger partial charge in [0.2, 0.25) is 0 Å². The van der Waals surface area contributed by atoms with Gasteiger partial charge in [-0.15, -0.1) is 0 Å². The molecule has 148 valence electrons. The Morgan fingerprint density at radius 2 is 2.03 bits per heavy atom. The van der Waals surface area contributed by atoms with E-state index >= 15 is 0 Å². The molecule has 0 atom stereocenters. The first kappa shape index (κ1) is 18.8. The Hall–Kier alpha value is -3.59. The molecule has 0 radical (unpaired) electrons. The van der Waals surface area contributed by atoms with Gasteiger partial charge in [-0.25, -0.2) is 4.98 Å². The van der Waals surface area contributed by atoms with E-state index in [2.05, 4.69) is 25.9 Å². The highest BCUT2D eigenvalue weighted by Gasteiger charge is 2.15.